The fraction of sp³-hybridized carbons (Fsp3) is 0.522. The molecule has 150 valence electrons. The van der Waals surface area contributed by atoms with Crippen LogP contribution in [-0.2, 0) is 30.3 Å². The molecular formula is C23H28O5. The Morgan fingerprint density at radius 3 is 2.71 bits per heavy atom. The third kappa shape index (κ3) is 3.85. The summed E-state index contributed by atoms with van der Waals surface area (Å²) < 4.78 is 24.1. The molecule has 0 amide bonds. The van der Waals surface area contributed by atoms with Crippen molar-refractivity contribution < 1.29 is 23.7 Å². The topological polar surface area (TPSA) is 54.0 Å². The maximum Gasteiger partial charge on any atom is 0.190 e. The molecule has 28 heavy (non-hydrogen) atoms. The largest absolute Gasteiger partial charge is 0.367 e. The Balaban J connectivity index is 1.54. The van der Waals surface area contributed by atoms with E-state index in [1.54, 1.807) is 0 Å². The lowest BCUT2D eigenvalue weighted by Gasteiger charge is -2.25. The average Bonchev–Trinajstić information content (AvgIpc) is 3.16. The van der Waals surface area contributed by atoms with E-state index in [4.69, 9.17) is 18.9 Å². The van der Waals surface area contributed by atoms with Gasteiger partial charge in [-0.1, -0.05) is 55.8 Å². The Morgan fingerprint density at radius 2 is 1.89 bits per heavy atom. The van der Waals surface area contributed by atoms with Gasteiger partial charge in [-0.2, -0.15) is 0 Å². The first kappa shape index (κ1) is 19.5. The SMILES string of the molecule is CCCCC(=O)[C@H]1O[C@@H]2OC(C)(C)O[C@@H]2[C@H]1OCc1cccc2ccccc12. The Kier molecular flexibility index (Phi) is 5.52. The van der Waals surface area contributed by atoms with E-state index in [0.717, 1.165) is 23.8 Å². The molecule has 2 aromatic carbocycles. The highest BCUT2D eigenvalue weighted by atomic mass is 16.8. The van der Waals surface area contributed by atoms with Gasteiger partial charge in [-0.3, -0.25) is 4.79 Å². The molecule has 4 atom stereocenters. The van der Waals surface area contributed by atoms with Crippen molar-refractivity contribution in [1.29, 1.82) is 0 Å². The van der Waals surface area contributed by atoms with Crippen molar-refractivity contribution in [1.82, 2.24) is 0 Å². The van der Waals surface area contributed by atoms with Gasteiger partial charge in [0.15, 0.2) is 17.9 Å². The summed E-state index contributed by atoms with van der Waals surface area (Å²) in [5.41, 5.74) is 1.08. The zero-order valence-electron chi connectivity index (χ0n) is 16.7. The quantitative estimate of drug-likeness (QED) is 0.710. The number of hydrogen-bond acceptors (Lipinski definition) is 5. The molecule has 5 nitrogen and oxygen atoms in total. The zero-order chi connectivity index (χ0) is 19.7. The second-order valence-corrected chi connectivity index (χ2v) is 8.01. The molecule has 0 radical (unpaired) electrons. The standard InChI is InChI=1S/C23H28O5/c1-4-5-13-18(24)19-20(21-22(26-19)28-23(2,3)27-21)25-14-16-11-8-10-15-9-6-7-12-17(15)16/h6-12,19-22H,4-5,13-14H2,1-3H3/t19-,20+,21-,22-/m1/s1. The number of benzene rings is 2. The van der Waals surface area contributed by atoms with Gasteiger partial charge in [-0.05, 0) is 36.6 Å². The average molecular weight is 384 g/mol. The van der Waals surface area contributed by atoms with Gasteiger partial charge >= 0.3 is 0 Å². The summed E-state index contributed by atoms with van der Waals surface area (Å²) in [4.78, 5) is 12.7. The second kappa shape index (κ2) is 7.91. The van der Waals surface area contributed by atoms with Crippen molar-refractivity contribution in [2.24, 2.45) is 0 Å². The molecule has 2 aliphatic rings. The number of carbonyl (C=O) groups excluding carboxylic acids is 1. The van der Waals surface area contributed by atoms with Crippen LogP contribution in [0.1, 0.15) is 45.6 Å². The summed E-state index contributed by atoms with van der Waals surface area (Å²) in [6.45, 7) is 6.16. The Morgan fingerprint density at radius 1 is 1.11 bits per heavy atom. The minimum Gasteiger partial charge on any atom is -0.367 e. The van der Waals surface area contributed by atoms with Crippen LogP contribution in [0.5, 0.6) is 0 Å². The van der Waals surface area contributed by atoms with Gasteiger partial charge in [0.25, 0.3) is 0 Å². The molecule has 0 aliphatic carbocycles. The van der Waals surface area contributed by atoms with E-state index in [2.05, 4.69) is 31.2 Å². The van der Waals surface area contributed by atoms with Crippen LogP contribution in [0.2, 0.25) is 0 Å². The predicted octanol–water partition coefficient (Wildman–Crippen LogP) is 4.36. The highest BCUT2D eigenvalue weighted by Gasteiger charge is 2.57. The molecule has 0 spiro atoms. The van der Waals surface area contributed by atoms with Gasteiger partial charge in [0.05, 0.1) is 6.61 Å². The van der Waals surface area contributed by atoms with Crippen LogP contribution >= 0.6 is 0 Å². The van der Waals surface area contributed by atoms with Crippen molar-refractivity contribution in [3.05, 3.63) is 48.0 Å². The number of ether oxygens (including phenoxy) is 4. The van der Waals surface area contributed by atoms with Crippen molar-refractivity contribution >= 4 is 16.6 Å². The van der Waals surface area contributed by atoms with Crippen LogP contribution in [0.15, 0.2) is 42.5 Å². The number of Topliss-reactive ketones (excluding diaryl/α,β-unsaturated/α-hetero) is 1. The van der Waals surface area contributed by atoms with Crippen molar-refractivity contribution in [3.8, 4) is 0 Å². The zero-order valence-corrected chi connectivity index (χ0v) is 16.7. The molecule has 2 saturated heterocycles. The first-order chi connectivity index (χ1) is 13.5. The third-order valence-electron chi connectivity index (χ3n) is 5.40. The third-order valence-corrected chi connectivity index (χ3v) is 5.40. The number of rotatable bonds is 7. The normalized spacial score (nSPS) is 28.5. The summed E-state index contributed by atoms with van der Waals surface area (Å²) in [7, 11) is 0. The van der Waals surface area contributed by atoms with Crippen molar-refractivity contribution in [2.75, 3.05) is 0 Å². The van der Waals surface area contributed by atoms with Gasteiger partial charge < -0.3 is 18.9 Å². The Labute approximate surface area is 165 Å². The summed E-state index contributed by atoms with van der Waals surface area (Å²) in [5.74, 6) is -0.683. The van der Waals surface area contributed by atoms with Gasteiger partial charge in [0, 0.05) is 6.42 Å². The summed E-state index contributed by atoms with van der Waals surface area (Å²) in [6.07, 6.45) is 0.203. The summed E-state index contributed by atoms with van der Waals surface area (Å²) in [5, 5.41) is 2.32. The van der Waals surface area contributed by atoms with Crippen LogP contribution in [0, 0.1) is 0 Å². The molecule has 0 N–H and O–H groups in total. The van der Waals surface area contributed by atoms with Gasteiger partial charge in [-0.15, -0.1) is 0 Å². The highest BCUT2D eigenvalue weighted by Crippen LogP contribution is 2.39. The minimum absolute atomic E-state index is 0.0594. The van der Waals surface area contributed by atoms with E-state index >= 15 is 0 Å². The Bertz CT molecular complexity index is 841. The molecule has 0 bridgehead atoms. The number of ketones is 1. The van der Waals surface area contributed by atoms with Crippen LogP contribution in [-0.4, -0.2) is 36.2 Å². The molecule has 0 aromatic heterocycles. The molecule has 2 aromatic rings. The molecule has 2 fully saturated rings. The molecule has 0 saturated carbocycles. The lowest BCUT2D eigenvalue weighted by atomic mass is 10.0. The van der Waals surface area contributed by atoms with E-state index in [0.29, 0.717) is 13.0 Å². The maximum absolute atomic E-state index is 12.7. The van der Waals surface area contributed by atoms with Gasteiger partial charge in [0.1, 0.15) is 18.3 Å². The fourth-order valence-electron chi connectivity index (χ4n) is 4.02. The van der Waals surface area contributed by atoms with E-state index in [9.17, 15) is 4.79 Å². The first-order valence-electron chi connectivity index (χ1n) is 10.1. The monoisotopic (exact) mass is 384 g/mol. The van der Waals surface area contributed by atoms with E-state index in [1.807, 2.05) is 32.0 Å². The van der Waals surface area contributed by atoms with E-state index < -0.39 is 30.4 Å². The fourth-order valence-corrected chi connectivity index (χ4v) is 4.02. The second-order valence-electron chi connectivity index (χ2n) is 8.01. The minimum atomic E-state index is -0.742. The molecule has 2 heterocycles. The van der Waals surface area contributed by atoms with Crippen LogP contribution in [0.25, 0.3) is 10.8 Å². The molecule has 4 rings (SSSR count). The maximum atomic E-state index is 12.7. The Hall–Kier alpha value is -1.79. The molecular weight excluding hydrogens is 356 g/mol. The summed E-state index contributed by atoms with van der Waals surface area (Å²) in [6, 6.07) is 14.4. The lowest BCUT2D eigenvalue weighted by molar-refractivity contribution is -0.218. The number of fused-ring (bicyclic) bond motifs is 2. The van der Waals surface area contributed by atoms with Gasteiger partial charge in [-0.25, -0.2) is 0 Å². The number of carbonyl (C=O) groups is 1. The van der Waals surface area contributed by atoms with Crippen molar-refractivity contribution in [2.45, 2.75) is 77.0 Å². The number of hydrogen-bond donors (Lipinski definition) is 0. The summed E-state index contributed by atoms with van der Waals surface area (Å²) >= 11 is 0. The molecule has 0 unspecified atom stereocenters. The van der Waals surface area contributed by atoms with Crippen LogP contribution in [0.3, 0.4) is 0 Å². The molecule has 2 aliphatic heterocycles. The first-order valence-corrected chi connectivity index (χ1v) is 10.1. The van der Waals surface area contributed by atoms with Crippen LogP contribution < -0.4 is 0 Å². The van der Waals surface area contributed by atoms with Crippen LogP contribution in [0.4, 0.5) is 0 Å². The number of unbranched alkanes of at least 4 members (excludes halogenated alkanes) is 1. The predicted molar refractivity (Wildman–Crippen MR) is 106 cm³/mol. The lowest BCUT2D eigenvalue weighted by Crippen LogP contribution is -2.40. The van der Waals surface area contributed by atoms with Crippen molar-refractivity contribution in [3.63, 3.8) is 0 Å². The van der Waals surface area contributed by atoms with E-state index in [1.165, 1.54) is 5.39 Å². The molecule has 5 heteroatoms. The smallest absolute Gasteiger partial charge is 0.190 e. The van der Waals surface area contributed by atoms with E-state index in [-0.39, 0.29) is 5.78 Å². The van der Waals surface area contributed by atoms with Gasteiger partial charge in [0.2, 0.25) is 0 Å². The highest BCUT2D eigenvalue weighted by molar-refractivity contribution is 5.85.